The molecule has 0 aliphatic rings. The first-order valence-corrected chi connectivity index (χ1v) is 5.92. The van der Waals surface area contributed by atoms with Gasteiger partial charge in [-0.3, -0.25) is 4.98 Å². The molecule has 0 radical (unpaired) electrons. The van der Waals surface area contributed by atoms with Crippen LogP contribution in [-0.4, -0.2) is 25.2 Å². The lowest BCUT2D eigenvalue weighted by atomic mass is 10.1. The molecular weight excluding hydrogens is 212 g/mol. The topological polar surface area (TPSA) is 34.1 Å². The number of nitrogens with zero attached hydrogens (tertiary/aromatic N) is 1. The van der Waals surface area contributed by atoms with E-state index in [0.717, 1.165) is 12.1 Å². The van der Waals surface area contributed by atoms with E-state index in [1.807, 2.05) is 12.3 Å². The van der Waals surface area contributed by atoms with Crippen LogP contribution in [0.2, 0.25) is 0 Å². The SMILES string of the molecule is CCNC(COC)c1ccc2cccnc2c1. The highest BCUT2D eigenvalue weighted by Crippen LogP contribution is 2.19. The Morgan fingerprint density at radius 2 is 2.24 bits per heavy atom. The van der Waals surface area contributed by atoms with Gasteiger partial charge in [0.25, 0.3) is 0 Å². The van der Waals surface area contributed by atoms with Gasteiger partial charge in [-0.25, -0.2) is 0 Å². The van der Waals surface area contributed by atoms with Crippen molar-refractivity contribution in [2.24, 2.45) is 0 Å². The van der Waals surface area contributed by atoms with Crippen molar-refractivity contribution in [3.8, 4) is 0 Å². The molecule has 0 spiro atoms. The number of hydrogen-bond donors (Lipinski definition) is 1. The summed E-state index contributed by atoms with van der Waals surface area (Å²) in [4.78, 5) is 4.38. The Bertz CT molecular complexity index is 478. The van der Waals surface area contributed by atoms with Gasteiger partial charge in [-0.15, -0.1) is 0 Å². The van der Waals surface area contributed by atoms with Crippen LogP contribution in [0.25, 0.3) is 10.9 Å². The van der Waals surface area contributed by atoms with E-state index in [-0.39, 0.29) is 6.04 Å². The fourth-order valence-corrected chi connectivity index (χ4v) is 1.99. The number of rotatable bonds is 5. The highest BCUT2D eigenvalue weighted by Gasteiger charge is 2.10. The predicted molar refractivity (Wildman–Crippen MR) is 70.0 cm³/mol. The Labute approximate surface area is 102 Å². The van der Waals surface area contributed by atoms with Crippen molar-refractivity contribution in [3.63, 3.8) is 0 Å². The maximum Gasteiger partial charge on any atom is 0.0705 e. The molecule has 0 fully saturated rings. The average Bonchev–Trinajstić information content (AvgIpc) is 2.38. The van der Waals surface area contributed by atoms with Crippen LogP contribution in [0.5, 0.6) is 0 Å². The minimum absolute atomic E-state index is 0.233. The molecule has 0 aliphatic heterocycles. The molecule has 2 rings (SSSR count). The number of fused-ring (bicyclic) bond motifs is 1. The molecule has 90 valence electrons. The van der Waals surface area contributed by atoms with Crippen LogP contribution in [-0.2, 0) is 4.74 Å². The average molecular weight is 230 g/mol. The first-order valence-electron chi connectivity index (χ1n) is 5.92. The van der Waals surface area contributed by atoms with Crippen molar-refractivity contribution in [1.82, 2.24) is 10.3 Å². The Morgan fingerprint density at radius 3 is 3.00 bits per heavy atom. The molecule has 3 heteroatoms. The number of nitrogens with one attached hydrogen (secondary N) is 1. The maximum atomic E-state index is 5.24. The van der Waals surface area contributed by atoms with Crippen molar-refractivity contribution in [3.05, 3.63) is 42.1 Å². The highest BCUT2D eigenvalue weighted by atomic mass is 16.5. The predicted octanol–water partition coefficient (Wildman–Crippen LogP) is 2.53. The fraction of sp³-hybridized carbons (Fsp3) is 0.357. The number of pyridine rings is 1. The molecule has 0 amide bonds. The zero-order chi connectivity index (χ0) is 12.1. The number of hydrogen-bond acceptors (Lipinski definition) is 3. The fourth-order valence-electron chi connectivity index (χ4n) is 1.99. The van der Waals surface area contributed by atoms with Crippen LogP contribution < -0.4 is 5.32 Å². The standard InChI is InChI=1S/C14H18N2O/c1-3-15-14(10-17-2)12-7-6-11-5-4-8-16-13(11)9-12/h4-9,14-15H,3,10H2,1-2H3. The van der Waals surface area contributed by atoms with E-state index >= 15 is 0 Å². The number of ether oxygens (including phenoxy) is 1. The molecule has 1 atom stereocenters. The molecule has 2 aromatic rings. The van der Waals surface area contributed by atoms with E-state index in [1.165, 1.54) is 10.9 Å². The lowest BCUT2D eigenvalue weighted by Crippen LogP contribution is -2.24. The molecule has 0 aliphatic carbocycles. The minimum atomic E-state index is 0.233. The van der Waals surface area contributed by atoms with Crippen molar-refractivity contribution < 1.29 is 4.74 Å². The van der Waals surface area contributed by atoms with Gasteiger partial charge >= 0.3 is 0 Å². The summed E-state index contributed by atoms with van der Waals surface area (Å²) in [5, 5.41) is 4.58. The molecule has 1 aromatic heterocycles. The third-order valence-corrected chi connectivity index (χ3v) is 2.82. The monoisotopic (exact) mass is 230 g/mol. The van der Waals surface area contributed by atoms with Gasteiger partial charge in [0.05, 0.1) is 18.2 Å². The second kappa shape index (κ2) is 5.75. The first-order chi connectivity index (χ1) is 8.35. The molecule has 17 heavy (non-hydrogen) atoms. The number of benzene rings is 1. The zero-order valence-corrected chi connectivity index (χ0v) is 10.3. The van der Waals surface area contributed by atoms with Crippen molar-refractivity contribution in [2.45, 2.75) is 13.0 Å². The van der Waals surface area contributed by atoms with Crippen LogP contribution >= 0.6 is 0 Å². The summed E-state index contributed by atoms with van der Waals surface area (Å²) in [7, 11) is 1.73. The second-order valence-corrected chi connectivity index (χ2v) is 4.02. The summed E-state index contributed by atoms with van der Waals surface area (Å²) in [6, 6.07) is 10.6. The molecule has 0 bridgehead atoms. The minimum Gasteiger partial charge on any atom is -0.383 e. The van der Waals surface area contributed by atoms with Gasteiger partial charge in [0.15, 0.2) is 0 Å². The molecule has 0 saturated carbocycles. The summed E-state index contributed by atoms with van der Waals surface area (Å²) in [6.07, 6.45) is 1.82. The van der Waals surface area contributed by atoms with Gasteiger partial charge in [0, 0.05) is 18.7 Å². The summed E-state index contributed by atoms with van der Waals surface area (Å²) >= 11 is 0. The van der Waals surface area contributed by atoms with Crippen molar-refractivity contribution >= 4 is 10.9 Å². The molecular formula is C14H18N2O. The zero-order valence-electron chi connectivity index (χ0n) is 10.3. The van der Waals surface area contributed by atoms with E-state index in [1.54, 1.807) is 7.11 Å². The van der Waals surface area contributed by atoms with E-state index < -0.39 is 0 Å². The molecule has 1 heterocycles. The Balaban J connectivity index is 2.32. The third-order valence-electron chi connectivity index (χ3n) is 2.82. The van der Waals surface area contributed by atoms with Crippen LogP contribution in [0.1, 0.15) is 18.5 Å². The molecule has 1 aromatic carbocycles. The van der Waals surface area contributed by atoms with Gasteiger partial charge in [0.1, 0.15) is 0 Å². The Hall–Kier alpha value is -1.45. The molecule has 1 unspecified atom stereocenters. The number of aromatic nitrogens is 1. The van der Waals surface area contributed by atoms with Crippen LogP contribution in [0, 0.1) is 0 Å². The van der Waals surface area contributed by atoms with Gasteiger partial charge < -0.3 is 10.1 Å². The number of likely N-dealkylation sites (N-methyl/N-ethyl adjacent to an activating group) is 1. The smallest absolute Gasteiger partial charge is 0.0705 e. The lowest BCUT2D eigenvalue weighted by Gasteiger charge is -2.17. The Kier molecular flexibility index (Phi) is 4.07. The van der Waals surface area contributed by atoms with Crippen LogP contribution in [0.4, 0.5) is 0 Å². The molecule has 1 N–H and O–H groups in total. The number of methoxy groups -OCH3 is 1. The van der Waals surface area contributed by atoms with E-state index in [2.05, 4.69) is 41.5 Å². The van der Waals surface area contributed by atoms with E-state index in [9.17, 15) is 0 Å². The van der Waals surface area contributed by atoms with Crippen LogP contribution in [0.15, 0.2) is 36.5 Å². The van der Waals surface area contributed by atoms with Gasteiger partial charge in [-0.1, -0.05) is 25.1 Å². The summed E-state index contributed by atoms with van der Waals surface area (Å²) < 4.78 is 5.24. The van der Waals surface area contributed by atoms with E-state index in [0.29, 0.717) is 6.61 Å². The Morgan fingerprint density at radius 1 is 1.35 bits per heavy atom. The normalized spacial score (nSPS) is 12.8. The highest BCUT2D eigenvalue weighted by molar-refractivity contribution is 5.78. The van der Waals surface area contributed by atoms with Gasteiger partial charge in [0.2, 0.25) is 0 Å². The first kappa shape index (κ1) is 12.0. The molecule has 0 saturated heterocycles. The summed E-state index contributed by atoms with van der Waals surface area (Å²) in [5.74, 6) is 0. The van der Waals surface area contributed by atoms with Crippen LogP contribution in [0.3, 0.4) is 0 Å². The van der Waals surface area contributed by atoms with Crippen molar-refractivity contribution in [1.29, 1.82) is 0 Å². The summed E-state index contributed by atoms with van der Waals surface area (Å²) in [6.45, 7) is 3.70. The second-order valence-electron chi connectivity index (χ2n) is 4.02. The van der Waals surface area contributed by atoms with Gasteiger partial charge in [-0.05, 0) is 24.2 Å². The third kappa shape index (κ3) is 2.81. The largest absolute Gasteiger partial charge is 0.383 e. The van der Waals surface area contributed by atoms with Gasteiger partial charge in [-0.2, -0.15) is 0 Å². The quantitative estimate of drug-likeness (QED) is 0.857. The maximum absolute atomic E-state index is 5.24. The lowest BCUT2D eigenvalue weighted by molar-refractivity contribution is 0.168. The van der Waals surface area contributed by atoms with Crippen molar-refractivity contribution in [2.75, 3.05) is 20.3 Å². The molecule has 3 nitrogen and oxygen atoms in total. The summed E-state index contributed by atoms with van der Waals surface area (Å²) in [5.41, 5.74) is 2.25. The van der Waals surface area contributed by atoms with E-state index in [4.69, 9.17) is 4.74 Å².